The van der Waals surface area contributed by atoms with Gasteiger partial charge in [-0.2, -0.15) is 0 Å². The van der Waals surface area contributed by atoms with Crippen LogP contribution in [0.15, 0.2) is 0 Å². The minimum Gasteiger partial charge on any atom is -0.397 e. The molecule has 0 atom stereocenters. The molecular weight excluding hydrogens is 143 g/mol. The molecule has 9 heavy (non-hydrogen) atoms. The summed E-state index contributed by atoms with van der Waals surface area (Å²) >= 11 is 0. The van der Waals surface area contributed by atoms with E-state index in [2.05, 4.69) is 9.05 Å². The first-order chi connectivity index (χ1) is 4.22. The topological polar surface area (TPSA) is 58.9 Å². The largest absolute Gasteiger partial charge is 0.397 e. The predicted molar refractivity (Wildman–Crippen MR) is 35.9 cm³/mol. The van der Waals surface area contributed by atoms with Gasteiger partial charge in [-0.15, -0.1) is 0 Å². The van der Waals surface area contributed by atoms with Gasteiger partial charge in [0.05, 0.1) is 0 Å². The maximum Gasteiger partial charge on any atom is 0.329 e. The molecule has 0 rings (SSSR count). The van der Waals surface area contributed by atoms with Gasteiger partial charge in [-0.05, 0) is 6.92 Å². The molecule has 58 valence electrons. The van der Waals surface area contributed by atoms with Crippen molar-refractivity contribution in [2.45, 2.75) is 6.92 Å². The highest BCUT2D eigenvalue weighted by atomic mass is 31.2. The smallest absolute Gasteiger partial charge is 0.329 e. The number of hydrogen-bond acceptors (Lipinski definition) is 4. The Hall–Kier alpha value is 0.270. The van der Waals surface area contributed by atoms with Gasteiger partial charge in [0.15, 0.2) is 0 Å². The molecule has 0 aliphatic rings. The number of aliphatic hydroxyl groups excluding tert-OH is 1. The van der Waals surface area contributed by atoms with Crippen molar-refractivity contribution in [2.24, 2.45) is 0 Å². The summed E-state index contributed by atoms with van der Waals surface area (Å²) in [5.41, 5.74) is 0. The third-order valence-corrected chi connectivity index (χ3v) is 0.937. The van der Waals surface area contributed by atoms with Gasteiger partial charge in [0.25, 0.3) is 0 Å². The minimum absolute atomic E-state index is 0.250. The second kappa shape index (κ2) is 11.1. The van der Waals surface area contributed by atoms with Crippen LogP contribution in [0.4, 0.5) is 0 Å². The van der Waals surface area contributed by atoms with E-state index >= 15 is 0 Å². The summed E-state index contributed by atoms with van der Waals surface area (Å²) in [6.45, 7) is 1.93. The first kappa shape index (κ1) is 12.0. The summed E-state index contributed by atoms with van der Waals surface area (Å²) in [5, 5.41) is 7.57. The molecule has 0 fully saturated rings. The zero-order valence-electron chi connectivity index (χ0n) is 5.87. The third kappa shape index (κ3) is 17.8. The Balaban J connectivity index is 0. The average Bonchev–Trinajstić information content (AvgIpc) is 1.88. The van der Waals surface area contributed by atoms with Crippen molar-refractivity contribution in [3.05, 3.63) is 0 Å². The Morgan fingerprint density at radius 1 is 1.33 bits per heavy atom. The summed E-state index contributed by atoms with van der Waals surface area (Å²) in [6.07, 6.45) is 0. The Morgan fingerprint density at radius 2 is 1.56 bits per heavy atom. The highest BCUT2D eigenvalue weighted by Gasteiger charge is 1.94. The summed E-state index contributed by atoms with van der Waals surface area (Å²) in [4.78, 5) is 8.29. The van der Waals surface area contributed by atoms with Crippen LogP contribution in [0, 0.1) is 0 Å². The van der Waals surface area contributed by atoms with E-state index in [0.29, 0.717) is 0 Å². The molecule has 0 spiro atoms. The maximum atomic E-state index is 8.29. The van der Waals surface area contributed by atoms with E-state index in [1.54, 1.807) is 6.92 Å². The van der Waals surface area contributed by atoms with E-state index in [-0.39, 0.29) is 6.61 Å². The van der Waals surface area contributed by atoms with Crippen LogP contribution in [0.3, 0.4) is 0 Å². The fourth-order valence-corrected chi connectivity index (χ4v) is 0.224. The van der Waals surface area contributed by atoms with Crippen molar-refractivity contribution >= 4 is 8.60 Å². The lowest BCUT2D eigenvalue weighted by atomic mass is 10.9. The van der Waals surface area contributed by atoms with Crippen LogP contribution in [-0.4, -0.2) is 30.8 Å². The summed E-state index contributed by atoms with van der Waals surface area (Å²) in [5.74, 6) is 0. The van der Waals surface area contributed by atoms with Crippen molar-refractivity contribution in [2.75, 3.05) is 20.8 Å². The zero-order chi connectivity index (χ0) is 7.70. The van der Waals surface area contributed by atoms with Crippen molar-refractivity contribution in [1.82, 2.24) is 0 Å². The molecule has 0 aromatic carbocycles. The highest BCUT2D eigenvalue weighted by molar-refractivity contribution is 7.40. The first-order valence-corrected chi connectivity index (χ1v) is 3.54. The highest BCUT2D eigenvalue weighted by Crippen LogP contribution is 2.28. The lowest BCUT2D eigenvalue weighted by molar-refractivity contribution is 0.271. The zero-order valence-corrected chi connectivity index (χ0v) is 6.76. The van der Waals surface area contributed by atoms with E-state index in [9.17, 15) is 0 Å². The fraction of sp³-hybridized carbons (Fsp3) is 1.00. The monoisotopic (exact) mass is 156 g/mol. The van der Waals surface area contributed by atoms with Crippen LogP contribution >= 0.6 is 8.60 Å². The Morgan fingerprint density at radius 3 is 1.56 bits per heavy atom. The molecular formula is C4H13O4P. The van der Waals surface area contributed by atoms with Crippen LogP contribution < -0.4 is 0 Å². The molecule has 0 aliphatic heterocycles. The van der Waals surface area contributed by atoms with E-state index in [1.807, 2.05) is 0 Å². The lowest BCUT2D eigenvalue weighted by Crippen LogP contribution is -1.75. The van der Waals surface area contributed by atoms with Gasteiger partial charge in [0, 0.05) is 20.8 Å². The van der Waals surface area contributed by atoms with Gasteiger partial charge < -0.3 is 19.0 Å². The molecule has 0 aromatic rings. The second-order valence-electron chi connectivity index (χ2n) is 0.919. The fourth-order valence-electron chi connectivity index (χ4n) is 0.0745. The maximum absolute atomic E-state index is 8.29. The Labute approximate surface area is 56.4 Å². The van der Waals surface area contributed by atoms with E-state index in [1.165, 1.54) is 14.2 Å². The van der Waals surface area contributed by atoms with Gasteiger partial charge in [-0.25, -0.2) is 0 Å². The quantitative estimate of drug-likeness (QED) is 0.571. The Kier molecular flexibility index (Phi) is 14.8. The molecule has 4 nitrogen and oxygen atoms in total. The van der Waals surface area contributed by atoms with Gasteiger partial charge >= 0.3 is 8.60 Å². The van der Waals surface area contributed by atoms with Crippen LogP contribution in [0.25, 0.3) is 0 Å². The summed E-state index contributed by atoms with van der Waals surface area (Å²) in [6, 6.07) is 0. The van der Waals surface area contributed by atoms with E-state index < -0.39 is 8.60 Å². The third-order valence-electron chi connectivity index (χ3n) is 0.312. The van der Waals surface area contributed by atoms with E-state index in [4.69, 9.17) is 10.00 Å². The van der Waals surface area contributed by atoms with Crippen LogP contribution in [0.5, 0.6) is 0 Å². The number of rotatable bonds is 2. The molecule has 0 unspecified atom stereocenters. The van der Waals surface area contributed by atoms with Crippen molar-refractivity contribution < 1.29 is 19.0 Å². The molecule has 2 N–H and O–H groups in total. The van der Waals surface area contributed by atoms with E-state index in [0.717, 1.165) is 0 Å². The molecule has 0 saturated heterocycles. The molecule has 0 aromatic heterocycles. The average molecular weight is 156 g/mol. The van der Waals surface area contributed by atoms with Crippen LogP contribution in [0.2, 0.25) is 0 Å². The van der Waals surface area contributed by atoms with Crippen molar-refractivity contribution in [3.8, 4) is 0 Å². The molecule has 0 aliphatic carbocycles. The van der Waals surface area contributed by atoms with Crippen LogP contribution in [0.1, 0.15) is 6.92 Å². The normalized spacial score (nSPS) is 8.67. The molecule has 0 heterocycles. The van der Waals surface area contributed by atoms with Crippen molar-refractivity contribution in [3.63, 3.8) is 0 Å². The minimum atomic E-state index is -1.58. The molecule has 5 heteroatoms. The molecule has 0 amide bonds. The second-order valence-corrected chi connectivity index (χ2v) is 2.13. The lowest BCUT2D eigenvalue weighted by Gasteiger charge is -1.98. The Bertz CT molecular complexity index is 39.5. The number of aliphatic hydroxyl groups is 1. The predicted octanol–water partition coefficient (Wildman–Crippen LogP) is 0.497. The molecule has 0 saturated carbocycles. The SMILES string of the molecule is CCO.COP(O)OC. The summed E-state index contributed by atoms with van der Waals surface area (Å²) < 4.78 is 8.59. The molecule has 0 radical (unpaired) electrons. The van der Waals surface area contributed by atoms with Crippen LogP contribution in [-0.2, 0) is 9.05 Å². The molecule has 0 bridgehead atoms. The standard InChI is InChI=1S/C2H7O3P.C2H6O/c1-4-6(3)5-2;1-2-3/h3H,1-2H3;3H,2H2,1H3. The van der Waals surface area contributed by atoms with Gasteiger partial charge in [0.1, 0.15) is 0 Å². The van der Waals surface area contributed by atoms with Crippen molar-refractivity contribution in [1.29, 1.82) is 0 Å². The first-order valence-electron chi connectivity index (χ1n) is 2.40. The van der Waals surface area contributed by atoms with Gasteiger partial charge in [-0.3, -0.25) is 0 Å². The number of hydrogen-bond donors (Lipinski definition) is 2. The van der Waals surface area contributed by atoms with Gasteiger partial charge in [-0.1, -0.05) is 0 Å². The van der Waals surface area contributed by atoms with Gasteiger partial charge in [0.2, 0.25) is 0 Å². The summed E-state index contributed by atoms with van der Waals surface area (Å²) in [7, 11) is 1.19.